The summed E-state index contributed by atoms with van der Waals surface area (Å²) >= 11 is 1.70. The molecule has 206 valence electrons. The molecule has 0 spiro atoms. The molecular formula is C36H33NO3S. The molecule has 5 rings (SSSR count). The van der Waals surface area contributed by atoms with E-state index in [4.69, 9.17) is 9.47 Å². The number of hydrogen-bond acceptors (Lipinski definition) is 5. The fourth-order valence-electron chi connectivity index (χ4n) is 5.03. The van der Waals surface area contributed by atoms with Crippen molar-refractivity contribution in [2.24, 2.45) is 0 Å². The highest BCUT2D eigenvalue weighted by molar-refractivity contribution is 7.10. The molecule has 5 heteroatoms. The Morgan fingerprint density at radius 2 is 1.51 bits per heavy atom. The van der Waals surface area contributed by atoms with Crippen molar-refractivity contribution in [1.29, 1.82) is 0 Å². The minimum Gasteiger partial charge on any atom is -0.484 e. The monoisotopic (exact) mass is 559 g/mol. The SMILES string of the molecule is CCOC(=O)C#CCN(CC[C@@H](Oc1cccc2ccccc12)c1cccs1)C(c1ccccc1)c1ccccc1. The van der Waals surface area contributed by atoms with Crippen LogP contribution in [0.4, 0.5) is 0 Å². The van der Waals surface area contributed by atoms with Crippen LogP contribution in [0.3, 0.4) is 0 Å². The molecule has 4 aromatic carbocycles. The number of benzene rings is 4. The Bertz CT molecular complexity index is 1550. The lowest BCUT2D eigenvalue weighted by Gasteiger charge is -2.32. The molecule has 0 radical (unpaired) electrons. The fourth-order valence-corrected chi connectivity index (χ4v) is 5.82. The summed E-state index contributed by atoms with van der Waals surface area (Å²) in [4.78, 5) is 15.5. The van der Waals surface area contributed by atoms with E-state index in [9.17, 15) is 4.79 Å². The second-order valence-electron chi connectivity index (χ2n) is 9.60. The first-order valence-corrected chi connectivity index (χ1v) is 14.8. The second kappa shape index (κ2) is 14.3. The lowest BCUT2D eigenvalue weighted by molar-refractivity contribution is -0.136. The van der Waals surface area contributed by atoms with E-state index in [1.165, 1.54) is 16.0 Å². The molecule has 0 amide bonds. The maximum absolute atomic E-state index is 12.0. The molecule has 0 fully saturated rings. The summed E-state index contributed by atoms with van der Waals surface area (Å²) in [6, 6.07) is 39.5. The van der Waals surface area contributed by atoms with Crippen LogP contribution in [0.15, 0.2) is 121 Å². The third-order valence-corrected chi connectivity index (χ3v) is 7.87. The number of nitrogens with zero attached hydrogens (tertiary/aromatic N) is 1. The summed E-state index contributed by atoms with van der Waals surface area (Å²) in [6.45, 7) is 3.19. The summed E-state index contributed by atoms with van der Waals surface area (Å²) in [6.07, 6.45) is 0.592. The molecule has 0 bridgehead atoms. The second-order valence-corrected chi connectivity index (χ2v) is 10.6. The Balaban J connectivity index is 1.47. The summed E-state index contributed by atoms with van der Waals surface area (Å²) in [5.41, 5.74) is 2.33. The highest BCUT2D eigenvalue weighted by Gasteiger charge is 2.24. The number of thiophene rings is 1. The topological polar surface area (TPSA) is 38.8 Å². The van der Waals surface area contributed by atoms with Crippen molar-refractivity contribution in [3.8, 4) is 17.6 Å². The number of ether oxygens (including phenoxy) is 2. The van der Waals surface area contributed by atoms with Gasteiger partial charge in [0, 0.05) is 29.1 Å². The van der Waals surface area contributed by atoms with E-state index in [1.807, 2.05) is 36.4 Å². The van der Waals surface area contributed by atoms with E-state index < -0.39 is 5.97 Å². The molecule has 0 saturated carbocycles. The summed E-state index contributed by atoms with van der Waals surface area (Å²) in [5, 5.41) is 4.34. The Labute approximate surface area is 246 Å². The smallest absolute Gasteiger partial charge is 0.384 e. The normalized spacial score (nSPS) is 11.7. The quantitative estimate of drug-likeness (QED) is 0.0932. The van der Waals surface area contributed by atoms with E-state index in [0.717, 1.165) is 22.9 Å². The van der Waals surface area contributed by atoms with Gasteiger partial charge < -0.3 is 9.47 Å². The Morgan fingerprint density at radius 1 is 0.829 bits per heavy atom. The zero-order valence-corrected chi connectivity index (χ0v) is 23.9. The highest BCUT2D eigenvalue weighted by Crippen LogP contribution is 2.35. The molecule has 0 aliphatic carbocycles. The third-order valence-electron chi connectivity index (χ3n) is 6.90. The minimum absolute atomic E-state index is 0.0459. The molecule has 1 heterocycles. The maximum atomic E-state index is 12.0. The van der Waals surface area contributed by atoms with Gasteiger partial charge in [-0.05, 0) is 40.9 Å². The first-order valence-electron chi connectivity index (χ1n) is 13.9. The van der Waals surface area contributed by atoms with Gasteiger partial charge in [-0.3, -0.25) is 4.90 Å². The van der Waals surface area contributed by atoms with Gasteiger partial charge in [-0.1, -0.05) is 109 Å². The summed E-state index contributed by atoms with van der Waals surface area (Å²) in [5.74, 6) is 6.12. The molecule has 5 aromatic rings. The van der Waals surface area contributed by atoms with Crippen LogP contribution in [0.5, 0.6) is 5.75 Å². The number of rotatable bonds is 11. The molecule has 4 nitrogen and oxygen atoms in total. The number of hydrogen-bond donors (Lipinski definition) is 0. The number of esters is 1. The zero-order chi connectivity index (χ0) is 28.3. The predicted molar refractivity (Wildman–Crippen MR) is 167 cm³/mol. The van der Waals surface area contributed by atoms with E-state index in [-0.39, 0.29) is 12.1 Å². The zero-order valence-electron chi connectivity index (χ0n) is 23.1. The van der Waals surface area contributed by atoms with Crippen molar-refractivity contribution in [3.63, 3.8) is 0 Å². The number of fused-ring (bicyclic) bond motifs is 1. The van der Waals surface area contributed by atoms with Gasteiger partial charge in [0.05, 0.1) is 19.2 Å². The molecule has 1 aromatic heterocycles. The van der Waals surface area contributed by atoms with Crippen LogP contribution >= 0.6 is 11.3 Å². The van der Waals surface area contributed by atoms with Crippen LogP contribution in [0.2, 0.25) is 0 Å². The summed E-state index contributed by atoms with van der Waals surface area (Å²) < 4.78 is 11.8. The molecular weight excluding hydrogens is 526 g/mol. The van der Waals surface area contributed by atoms with Crippen LogP contribution in [0.1, 0.15) is 41.5 Å². The van der Waals surface area contributed by atoms with Crippen molar-refractivity contribution in [3.05, 3.63) is 137 Å². The minimum atomic E-state index is -0.501. The molecule has 41 heavy (non-hydrogen) atoms. The molecule has 0 unspecified atom stereocenters. The van der Waals surface area contributed by atoms with Crippen LogP contribution < -0.4 is 4.74 Å². The van der Waals surface area contributed by atoms with Gasteiger partial charge in [0.15, 0.2) is 0 Å². The van der Waals surface area contributed by atoms with Gasteiger partial charge in [0.1, 0.15) is 11.9 Å². The van der Waals surface area contributed by atoms with Gasteiger partial charge in [-0.2, -0.15) is 0 Å². The van der Waals surface area contributed by atoms with Crippen molar-refractivity contribution in [1.82, 2.24) is 4.90 Å². The van der Waals surface area contributed by atoms with Gasteiger partial charge >= 0.3 is 5.97 Å². The molecule has 0 aliphatic rings. The fraction of sp³-hybridized carbons (Fsp3) is 0.194. The van der Waals surface area contributed by atoms with Gasteiger partial charge in [-0.25, -0.2) is 4.79 Å². The number of carbonyl (C=O) groups excluding carboxylic acids is 1. The highest BCUT2D eigenvalue weighted by atomic mass is 32.1. The molecule has 0 aliphatic heterocycles. The van der Waals surface area contributed by atoms with Crippen molar-refractivity contribution >= 4 is 28.1 Å². The van der Waals surface area contributed by atoms with Crippen LogP contribution in [-0.2, 0) is 9.53 Å². The lowest BCUT2D eigenvalue weighted by Crippen LogP contribution is -2.32. The van der Waals surface area contributed by atoms with Crippen molar-refractivity contribution in [2.45, 2.75) is 25.5 Å². The maximum Gasteiger partial charge on any atom is 0.384 e. The van der Waals surface area contributed by atoms with Crippen LogP contribution in [-0.4, -0.2) is 30.6 Å². The first-order chi connectivity index (χ1) is 20.2. The van der Waals surface area contributed by atoms with Crippen LogP contribution in [0.25, 0.3) is 10.8 Å². The van der Waals surface area contributed by atoms with Gasteiger partial charge in [0.2, 0.25) is 0 Å². The average molecular weight is 560 g/mol. The summed E-state index contributed by atoms with van der Waals surface area (Å²) in [7, 11) is 0. The van der Waals surface area contributed by atoms with E-state index in [1.54, 1.807) is 18.3 Å². The predicted octanol–water partition coefficient (Wildman–Crippen LogP) is 8.07. The Hall–Kier alpha value is -4.37. The molecule has 1 atom stereocenters. The van der Waals surface area contributed by atoms with E-state index >= 15 is 0 Å². The first kappa shape index (κ1) is 28.2. The lowest BCUT2D eigenvalue weighted by atomic mass is 9.96. The number of carbonyl (C=O) groups is 1. The van der Waals surface area contributed by atoms with Crippen LogP contribution in [0, 0.1) is 11.8 Å². The standard InChI is InChI=1S/C36H33NO3S/c1-2-39-35(38)23-12-25-37(36(29-15-5-3-6-16-29)30-17-7-4-8-18-30)26-24-33(34-22-13-27-41-34)40-32-21-11-19-28-14-9-10-20-31(28)32/h3-11,13-22,27,33,36H,2,24-26H2,1H3/t33-/m1/s1. The van der Waals surface area contributed by atoms with Gasteiger partial charge in [0.25, 0.3) is 0 Å². The molecule has 0 N–H and O–H groups in total. The molecule has 0 saturated heterocycles. The van der Waals surface area contributed by atoms with Gasteiger partial charge in [-0.15, -0.1) is 11.3 Å². The van der Waals surface area contributed by atoms with E-state index in [0.29, 0.717) is 19.7 Å². The Kier molecular flexibility index (Phi) is 9.84. The van der Waals surface area contributed by atoms with Crippen molar-refractivity contribution < 1.29 is 14.3 Å². The van der Waals surface area contributed by atoms with E-state index in [2.05, 4.69) is 101 Å². The average Bonchev–Trinajstić information content (AvgIpc) is 3.55. The third kappa shape index (κ3) is 7.43. The largest absolute Gasteiger partial charge is 0.484 e. The Morgan fingerprint density at radius 3 is 2.20 bits per heavy atom. The van der Waals surface area contributed by atoms with Crippen molar-refractivity contribution in [2.75, 3.05) is 19.7 Å².